The second kappa shape index (κ2) is 8.20. The second-order valence-electron chi connectivity index (χ2n) is 4.03. The van der Waals surface area contributed by atoms with Crippen LogP contribution in [0.3, 0.4) is 0 Å². The van der Waals surface area contributed by atoms with Gasteiger partial charge in [0.05, 0.1) is 11.6 Å². The van der Waals surface area contributed by atoms with Crippen molar-refractivity contribution < 1.29 is 9.59 Å². The van der Waals surface area contributed by atoms with Gasteiger partial charge in [-0.2, -0.15) is 0 Å². The third-order valence-electron chi connectivity index (χ3n) is 2.44. The maximum absolute atomic E-state index is 11.8. The van der Waals surface area contributed by atoms with Gasteiger partial charge in [0.1, 0.15) is 0 Å². The summed E-state index contributed by atoms with van der Waals surface area (Å²) in [5.74, 6) is 4.87. The molecular weight excluding hydrogens is 278 g/mol. The molecule has 0 heterocycles. The lowest BCUT2D eigenvalue weighted by Crippen LogP contribution is -2.25. The third-order valence-corrected chi connectivity index (χ3v) is 2.75. The minimum atomic E-state index is -0.384. The van der Waals surface area contributed by atoms with Gasteiger partial charge in [-0.15, -0.1) is 0 Å². The first-order valence-electron chi connectivity index (χ1n) is 6.09. The van der Waals surface area contributed by atoms with Crippen LogP contribution in [0.1, 0.15) is 28.8 Å². The van der Waals surface area contributed by atoms with Gasteiger partial charge in [-0.1, -0.05) is 23.4 Å². The van der Waals surface area contributed by atoms with Crippen molar-refractivity contribution in [2.45, 2.75) is 12.8 Å². The molecule has 0 saturated heterocycles. The molecule has 106 valence electrons. The van der Waals surface area contributed by atoms with Gasteiger partial charge in [-0.25, -0.2) is 0 Å². The van der Waals surface area contributed by atoms with Crippen LogP contribution in [0.5, 0.6) is 0 Å². The molecule has 0 spiro atoms. The van der Waals surface area contributed by atoms with E-state index in [2.05, 4.69) is 17.2 Å². The number of carbonyl (C=O) groups is 2. The molecule has 1 aromatic carbocycles. The number of hydrogen-bond donors (Lipinski definition) is 3. The Morgan fingerprint density at radius 1 is 1.35 bits per heavy atom. The smallest absolute Gasteiger partial charge is 0.251 e. The zero-order valence-corrected chi connectivity index (χ0v) is 11.7. The fourth-order valence-corrected chi connectivity index (χ4v) is 1.70. The van der Waals surface area contributed by atoms with Crippen LogP contribution >= 0.6 is 11.6 Å². The lowest BCUT2D eigenvalue weighted by Gasteiger charge is -2.05. The first-order valence-corrected chi connectivity index (χ1v) is 6.47. The van der Waals surface area contributed by atoms with Gasteiger partial charge >= 0.3 is 0 Å². The highest BCUT2D eigenvalue weighted by molar-refractivity contribution is 6.32. The minimum Gasteiger partial charge on any atom is -0.370 e. The van der Waals surface area contributed by atoms with Crippen LogP contribution in [0, 0.1) is 11.8 Å². The van der Waals surface area contributed by atoms with Gasteiger partial charge < -0.3 is 16.8 Å². The zero-order valence-electron chi connectivity index (χ0n) is 10.9. The summed E-state index contributed by atoms with van der Waals surface area (Å²) in [5.41, 5.74) is 11.4. The average molecular weight is 294 g/mol. The normalized spacial score (nSPS) is 9.50. The fourth-order valence-electron chi connectivity index (χ4n) is 1.47. The molecule has 0 aliphatic carbocycles. The van der Waals surface area contributed by atoms with Crippen LogP contribution in [0.25, 0.3) is 0 Å². The van der Waals surface area contributed by atoms with Gasteiger partial charge in [0.2, 0.25) is 5.91 Å². The van der Waals surface area contributed by atoms with Crippen LogP contribution in [0.4, 0.5) is 0 Å². The molecule has 0 atom stereocenters. The van der Waals surface area contributed by atoms with Crippen molar-refractivity contribution >= 4 is 23.4 Å². The second-order valence-corrected chi connectivity index (χ2v) is 4.43. The number of hydrogen-bond acceptors (Lipinski definition) is 3. The monoisotopic (exact) mass is 293 g/mol. The number of nitrogens with two attached hydrogens (primary N) is 2. The van der Waals surface area contributed by atoms with E-state index in [9.17, 15) is 9.59 Å². The molecule has 6 heteroatoms. The molecule has 0 aliphatic rings. The molecule has 20 heavy (non-hydrogen) atoms. The molecule has 2 amide bonds. The summed E-state index contributed by atoms with van der Waals surface area (Å²) in [6, 6.07) is 4.85. The Bertz CT molecular complexity index is 561. The van der Waals surface area contributed by atoms with Crippen molar-refractivity contribution in [2.75, 3.05) is 13.1 Å². The van der Waals surface area contributed by atoms with E-state index in [0.29, 0.717) is 29.1 Å². The summed E-state index contributed by atoms with van der Waals surface area (Å²) in [7, 11) is 0. The Hall–Kier alpha value is -2.03. The van der Waals surface area contributed by atoms with Crippen LogP contribution in [0.15, 0.2) is 18.2 Å². The van der Waals surface area contributed by atoms with Crippen molar-refractivity contribution in [1.29, 1.82) is 0 Å². The van der Waals surface area contributed by atoms with Crippen LogP contribution in [0.2, 0.25) is 5.02 Å². The number of halogens is 1. The predicted octanol–water partition coefficient (Wildman–Crippen LogP) is 0.645. The zero-order chi connectivity index (χ0) is 15.0. The Labute approximate surface area is 122 Å². The quantitative estimate of drug-likeness (QED) is 0.549. The number of rotatable bonds is 5. The van der Waals surface area contributed by atoms with E-state index in [4.69, 9.17) is 23.1 Å². The van der Waals surface area contributed by atoms with Crippen LogP contribution in [-0.2, 0) is 4.79 Å². The maximum atomic E-state index is 11.8. The van der Waals surface area contributed by atoms with E-state index < -0.39 is 0 Å². The van der Waals surface area contributed by atoms with Gasteiger partial charge in [-0.3, -0.25) is 9.59 Å². The first kappa shape index (κ1) is 16.0. The van der Waals surface area contributed by atoms with E-state index in [1.807, 2.05) is 0 Å². The highest BCUT2D eigenvalue weighted by atomic mass is 35.5. The van der Waals surface area contributed by atoms with Crippen molar-refractivity contribution in [2.24, 2.45) is 11.5 Å². The average Bonchev–Trinajstić information content (AvgIpc) is 2.41. The number of primary amides is 1. The molecule has 1 rings (SSSR count). The van der Waals surface area contributed by atoms with E-state index in [1.165, 1.54) is 0 Å². The molecule has 0 fully saturated rings. The molecule has 0 aliphatic heterocycles. The lowest BCUT2D eigenvalue weighted by molar-refractivity contribution is -0.118. The largest absolute Gasteiger partial charge is 0.370 e. The van der Waals surface area contributed by atoms with Crippen LogP contribution < -0.4 is 16.8 Å². The van der Waals surface area contributed by atoms with Gasteiger partial charge in [0, 0.05) is 24.1 Å². The molecule has 0 saturated carbocycles. The molecule has 0 bridgehead atoms. The summed E-state index contributed by atoms with van der Waals surface area (Å²) < 4.78 is 0. The van der Waals surface area contributed by atoms with Crippen molar-refractivity contribution in [3.05, 3.63) is 34.3 Å². The molecule has 0 aromatic heterocycles. The number of carbonyl (C=O) groups excluding carboxylic acids is 2. The van der Waals surface area contributed by atoms with Gasteiger partial charge in [0.25, 0.3) is 5.91 Å². The van der Waals surface area contributed by atoms with E-state index >= 15 is 0 Å². The fraction of sp³-hybridized carbons (Fsp3) is 0.286. The number of benzene rings is 1. The standard InChI is InChI=1S/C14H16ClN3O2/c15-12-9-11(6-5-10(12)3-1-7-16)14(20)18-8-2-4-13(17)19/h5-6,9H,2,4,7-8,16H2,(H2,17,19)(H,18,20). The molecule has 5 N–H and O–H groups in total. The van der Waals surface area contributed by atoms with Crippen molar-refractivity contribution in [1.82, 2.24) is 5.32 Å². The summed E-state index contributed by atoms with van der Waals surface area (Å²) in [4.78, 5) is 22.4. The van der Waals surface area contributed by atoms with Gasteiger partial charge in [0.15, 0.2) is 0 Å². The molecule has 0 unspecified atom stereocenters. The summed E-state index contributed by atoms with van der Waals surface area (Å²) in [6.45, 7) is 0.632. The summed E-state index contributed by atoms with van der Waals surface area (Å²) in [5, 5.41) is 3.08. The minimum absolute atomic E-state index is 0.245. The number of amides is 2. The Morgan fingerprint density at radius 3 is 2.70 bits per heavy atom. The molecule has 1 aromatic rings. The molecular formula is C14H16ClN3O2. The van der Waals surface area contributed by atoms with Crippen LogP contribution in [-0.4, -0.2) is 24.9 Å². The van der Waals surface area contributed by atoms with Crippen molar-refractivity contribution in [3.8, 4) is 11.8 Å². The molecule has 5 nitrogen and oxygen atoms in total. The molecule has 0 radical (unpaired) electrons. The van der Waals surface area contributed by atoms with E-state index in [-0.39, 0.29) is 24.8 Å². The topological polar surface area (TPSA) is 98.2 Å². The third kappa shape index (κ3) is 5.31. The lowest BCUT2D eigenvalue weighted by atomic mass is 10.1. The summed E-state index contributed by atoms with van der Waals surface area (Å²) >= 11 is 6.03. The Balaban J connectivity index is 2.61. The summed E-state index contributed by atoms with van der Waals surface area (Å²) in [6.07, 6.45) is 0.753. The number of nitrogens with one attached hydrogen (secondary N) is 1. The van der Waals surface area contributed by atoms with Crippen molar-refractivity contribution in [3.63, 3.8) is 0 Å². The highest BCUT2D eigenvalue weighted by Gasteiger charge is 2.07. The van der Waals surface area contributed by atoms with E-state index in [1.54, 1.807) is 18.2 Å². The first-order chi connectivity index (χ1) is 9.54. The maximum Gasteiger partial charge on any atom is 0.251 e. The Morgan fingerprint density at radius 2 is 2.10 bits per heavy atom. The Kier molecular flexibility index (Phi) is 6.57. The highest BCUT2D eigenvalue weighted by Crippen LogP contribution is 2.17. The van der Waals surface area contributed by atoms with Gasteiger partial charge in [-0.05, 0) is 24.6 Å². The van der Waals surface area contributed by atoms with E-state index in [0.717, 1.165) is 0 Å². The SMILES string of the molecule is NCC#Cc1ccc(C(=O)NCCCC(N)=O)cc1Cl. The predicted molar refractivity (Wildman–Crippen MR) is 78.1 cm³/mol.